The largest absolute Gasteiger partial charge is 0.435 e. The summed E-state index contributed by atoms with van der Waals surface area (Å²) < 4.78 is 44.1. The molecular weight excluding hydrogens is 423 g/mol. The van der Waals surface area contributed by atoms with Crippen molar-refractivity contribution in [3.8, 4) is 0 Å². The highest BCUT2D eigenvalue weighted by Gasteiger charge is 2.42. The molecule has 0 aliphatic heterocycles. The third kappa shape index (κ3) is 4.95. The lowest BCUT2D eigenvalue weighted by Crippen LogP contribution is -2.29. The van der Waals surface area contributed by atoms with Gasteiger partial charge in [-0.25, -0.2) is 9.78 Å². The molecule has 3 rings (SSSR count). The Morgan fingerprint density at radius 2 is 1.83 bits per heavy atom. The molecule has 1 aliphatic rings. The number of amides is 1. The van der Waals surface area contributed by atoms with Crippen molar-refractivity contribution in [1.82, 2.24) is 9.97 Å². The Hall–Kier alpha value is -2.55. The van der Waals surface area contributed by atoms with Gasteiger partial charge >= 0.3 is 12.3 Å². The Kier molecular flexibility index (Phi) is 6.40. The number of H-pyrrole nitrogens is 1. The molecule has 1 aromatic heterocycles. The number of carbonyl (C=O) groups excluding carboxylic acids is 1. The lowest BCUT2D eigenvalue weighted by Gasteiger charge is -2.29. The molecule has 10 heteroatoms. The van der Waals surface area contributed by atoms with E-state index in [1.165, 1.54) is 6.92 Å². The summed E-state index contributed by atoms with van der Waals surface area (Å²) in [5.41, 5.74) is 5.69. The second-order valence-corrected chi connectivity index (χ2v) is 7.86. The molecule has 2 aromatic rings. The van der Waals surface area contributed by atoms with Crippen LogP contribution in [0.2, 0.25) is 5.02 Å². The van der Waals surface area contributed by atoms with Crippen molar-refractivity contribution < 1.29 is 22.7 Å². The number of aromatic amines is 1. The molecule has 1 heterocycles. The van der Waals surface area contributed by atoms with E-state index in [1.807, 2.05) is 0 Å². The molecule has 1 unspecified atom stereocenters. The second-order valence-electron chi connectivity index (χ2n) is 7.42. The molecule has 30 heavy (non-hydrogen) atoms. The molecule has 1 saturated carbocycles. The molecule has 0 radical (unpaired) electrons. The predicted molar refractivity (Wildman–Crippen MR) is 104 cm³/mol. The minimum Gasteiger partial charge on any atom is -0.435 e. The van der Waals surface area contributed by atoms with Crippen LogP contribution in [0, 0.1) is 12.8 Å². The van der Waals surface area contributed by atoms with Crippen LogP contribution < -0.4 is 11.3 Å². The molecule has 1 amide bonds. The van der Waals surface area contributed by atoms with E-state index in [1.54, 1.807) is 24.3 Å². The number of alkyl halides is 3. The summed E-state index contributed by atoms with van der Waals surface area (Å²) in [4.78, 5) is 31.2. The number of halogens is 4. The summed E-state index contributed by atoms with van der Waals surface area (Å²) in [5.74, 6) is -1.38. The maximum atomic E-state index is 13.0. The normalized spacial score (nSPS) is 20.6. The summed E-state index contributed by atoms with van der Waals surface area (Å²) in [5, 5.41) is 0.467. The Bertz CT molecular complexity index is 968. The molecular formula is C20H21ClF3N3O3. The monoisotopic (exact) mass is 443 g/mol. The first kappa shape index (κ1) is 22.1. The van der Waals surface area contributed by atoms with Crippen molar-refractivity contribution in [3.05, 3.63) is 62.3 Å². The van der Waals surface area contributed by atoms with Crippen LogP contribution in [0.3, 0.4) is 0 Å². The Morgan fingerprint density at radius 1 is 1.23 bits per heavy atom. The Labute approximate surface area is 175 Å². The van der Waals surface area contributed by atoms with Crippen LogP contribution in [0.1, 0.15) is 60.4 Å². The van der Waals surface area contributed by atoms with E-state index in [9.17, 15) is 22.8 Å². The fourth-order valence-electron chi connectivity index (χ4n) is 3.75. The van der Waals surface area contributed by atoms with Crippen molar-refractivity contribution in [2.45, 2.75) is 50.8 Å². The number of carbonyl (C=O) groups is 1. The lowest BCUT2D eigenvalue weighted by molar-refractivity contribution is -0.182. The number of nitrogens with zero attached hydrogens (tertiary/aromatic N) is 1. The number of benzene rings is 1. The van der Waals surface area contributed by atoms with E-state index in [4.69, 9.17) is 22.1 Å². The van der Waals surface area contributed by atoms with Crippen LogP contribution >= 0.6 is 11.6 Å². The third-order valence-corrected chi connectivity index (χ3v) is 5.69. The predicted octanol–water partition coefficient (Wildman–Crippen LogP) is 4.75. The molecule has 1 fully saturated rings. The third-order valence-electron chi connectivity index (χ3n) is 5.44. The van der Waals surface area contributed by atoms with Crippen LogP contribution in [0.4, 0.5) is 18.0 Å². The van der Waals surface area contributed by atoms with Crippen molar-refractivity contribution in [1.29, 1.82) is 0 Å². The molecule has 1 aromatic carbocycles. The number of primary amides is 1. The maximum absolute atomic E-state index is 13.0. The van der Waals surface area contributed by atoms with E-state index in [0.29, 0.717) is 10.6 Å². The number of nitrogens with two attached hydrogens (primary N) is 1. The number of aromatic nitrogens is 2. The van der Waals surface area contributed by atoms with E-state index < -0.39 is 29.9 Å². The van der Waals surface area contributed by atoms with Crippen LogP contribution in [0.25, 0.3) is 0 Å². The molecule has 1 atom stereocenters. The highest BCUT2D eigenvalue weighted by atomic mass is 35.5. The SMILES string of the molecule is Cc1c(C(OC(N)=O)c2ccc(Cl)cc2)nc(C2CCC(C(F)(F)F)CC2)[nH]c1=O. The van der Waals surface area contributed by atoms with E-state index in [-0.39, 0.29) is 48.7 Å². The van der Waals surface area contributed by atoms with Crippen molar-refractivity contribution >= 4 is 17.7 Å². The minimum atomic E-state index is -4.22. The summed E-state index contributed by atoms with van der Waals surface area (Å²) in [6.07, 6.45) is -5.88. The van der Waals surface area contributed by atoms with Gasteiger partial charge in [-0.05, 0) is 50.3 Å². The number of ether oxygens (including phenoxy) is 1. The van der Waals surface area contributed by atoms with E-state index in [0.717, 1.165) is 0 Å². The number of rotatable bonds is 4. The highest BCUT2D eigenvalue weighted by molar-refractivity contribution is 6.30. The summed E-state index contributed by atoms with van der Waals surface area (Å²) >= 11 is 5.91. The zero-order valence-corrected chi connectivity index (χ0v) is 16.9. The fourth-order valence-corrected chi connectivity index (χ4v) is 3.87. The smallest absolute Gasteiger partial charge is 0.405 e. The van der Waals surface area contributed by atoms with Gasteiger partial charge in [-0.2, -0.15) is 13.2 Å². The Morgan fingerprint density at radius 3 is 2.37 bits per heavy atom. The minimum absolute atomic E-state index is 0.0283. The topological polar surface area (TPSA) is 98.1 Å². The first-order valence-corrected chi connectivity index (χ1v) is 9.83. The van der Waals surface area contributed by atoms with Gasteiger partial charge in [-0.1, -0.05) is 23.7 Å². The molecule has 6 nitrogen and oxygen atoms in total. The summed E-state index contributed by atoms with van der Waals surface area (Å²) in [6, 6.07) is 6.42. The van der Waals surface area contributed by atoms with Crippen LogP contribution in [0.5, 0.6) is 0 Å². The van der Waals surface area contributed by atoms with Crippen molar-refractivity contribution in [2.24, 2.45) is 11.7 Å². The van der Waals surface area contributed by atoms with Gasteiger partial charge in [0.15, 0.2) is 6.10 Å². The van der Waals surface area contributed by atoms with Gasteiger partial charge in [0.1, 0.15) is 5.82 Å². The maximum Gasteiger partial charge on any atom is 0.405 e. The summed E-state index contributed by atoms with van der Waals surface area (Å²) in [6.45, 7) is 1.53. The first-order valence-electron chi connectivity index (χ1n) is 9.45. The molecule has 1 aliphatic carbocycles. The molecule has 0 spiro atoms. The zero-order valence-electron chi connectivity index (χ0n) is 16.1. The van der Waals surface area contributed by atoms with Crippen LogP contribution in [0.15, 0.2) is 29.1 Å². The number of hydrogen-bond donors (Lipinski definition) is 2. The van der Waals surface area contributed by atoms with Gasteiger partial charge in [-0.3, -0.25) is 4.79 Å². The van der Waals surface area contributed by atoms with E-state index in [2.05, 4.69) is 9.97 Å². The van der Waals surface area contributed by atoms with Gasteiger partial charge in [0, 0.05) is 16.5 Å². The van der Waals surface area contributed by atoms with Gasteiger partial charge in [0.2, 0.25) is 0 Å². The van der Waals surface area contributed by atoms with Crippen LogP contribution in [-0.2, 0) is 4.74 Å². The molecule has 3 N–H and O–H groups in total. The molecule has 0 bridgehead atoms. The van der Waals surface area contributed by atoms with E-state index >= 15 is 0 Å². The van der Waals surface area contributed by atoms with Crippen molar-refractivity contribution in [2.75, 3.05) is 0 Å². The standard InChI is InChI=1S/C20H21ClF3N3O3/c1-10-15(16(30-19(25)29)11-4-8-14(21)9-5-11)26-17(27-18(10)28)12-2-6-13(7-3-12)20(22,23)24/h4-5,8-9,12-13,16H,2-3,6-7H2,1H3,(H2,25,29)(H,26,27,28). The highest BCUT2D eigenvalue weighted by Crippen LogP contribution is 2.42. The van der Waals surface area contributed by atoms with Gasteiger partial charge in [-0.15, -0.1) is 0 Å². The van der Waals surface area contributed by atoms with Gasteiger partial charge < -0.3 is 15.5 Å². The quantitative estimate of drug-likeness (QED) is 0.712. The average Bonchev–Trinajstić information content (AvgIpc) is 2.68. The number of nitrogens with one attached hydrogen (secondary N) is 1. The molecule has 0 saturated heterocycles. The van der Waals surface area contributed by atoms with Crippen molar-refractivity contribution in [3.63, 3.8) is 0 Å². The Balaban J connectivity index is 1.96. The molecule has 162 valence electrons. The van der Waals surface area contributed by atoms with Gasteiger partial charge in [0.25, 0.3) is 5.56 Å². The summed E-state index contributed by atoms with van der Waals surface area (Å²) in [7, 11) is 0. The fraction of sp³-hybridized carbons (Fsp3) is 0.450. The number of hydrogen-bond acceptors (Lipinski definition) is 4. The average molecular weight is 444 g/mol. The zero-order chi connectivity index (χ0) is 22.1. The second kappa shape index (κ2) is 8.67. The van der Waals surface area contributed by atoms with Crippen LogP contribution in [-0.4, -0.2) is 22.2 Å². The first-order chi connectivity index (χ1) is 14.1. The van der Waals surface area contributed by atoms with Gasteiger partial charge in [0.05, 0.1) is 11.6 Å². The lowest BCUT2D eigenvalue weighted by atomic mass is 9.81.